The van der Waals surface area contributed by atoms with Gasteiger partial charge in [0, 0.05) is 25.7 Å². The molecule has 2 rings (SSSR count). The van der Waals surface area contributed by atoms with Gasteiger partial charge in [-0.15, -0.1) is 0 Å². The Labute approximate surface area is 116 Å². The summed E-state index contributed by atoms with van der Waals surface area (Å²) in [6, 6.07) is 0.240. The summed E-state index contributed by atoms with van der Waals surface area (Å²) in [5, 5.41) is 0. The lowest BCUT2D eigenvalue weighted by Crippen LogP contribution is -2.52. The summed E-state index contributed by atoms with van der Waals surface area (Å²) in [5.74, 6) is 1.09. The first-order valence-electron chi connectivity index (χ1n) is 7.83. The predicted molar refractivity (Wildman–Crippen MR) is 75.7 cm³/mol. The van der Waals surface area contributed by atoms with Crippen molar-refractivity contribution in [3.63, 3.8) is 0 Å². The van der Waals surface area contributed by atoms with E-state index in [0.717, 1.165) is 44.8 Å². The van der Waals surface area contributed by atoms with Crippen molar-refractivity contribution in [3.05, 3.63) is 0 Å². The molecule has 2 fully saturated rings. The molecule has 110 valence electrons. The van der Waals surface area contributed by atoms with Gasteiger partial charge in [0.1, 0.15) is 0 Å². The largest absolute Gasteiger partial charge is 0.377 e. The highest BCUT2D eigenvalue weighted by Gasteiger charge is 2.39. The molecule has 2 N–H and O–H groups in total. The molecule has 0 spiro atoms. The minimum Gasteiger partial charge on any atom is -0.377 e. The minimum absolute atomic E-state index is 0.0669. The molecule has 4 nitrogen and oxygen atoms in total. The molecule has 19 heavy (non-hydrogen) atoms. The molecule has 4 unspecified atom stereocenters. The second-order valence-corrected chi connectivity index (χ2v) is 5.93. The van der Waals surface area contributed by atoms with Gasteiger partial charge in [0.15, 0.2) is 0 Å². The van der Waals surface area contributed by atoms with Gasteiger partial charge in [-0.05, 0) is 31.6 Å². The molecule has 2 saturated heterocycles. The zero-order valence-electron chi connectivity index (χ0n) is 12.3. The van der Waals surface area contributed by atoms with E-state index in [-0.39, 0.29) is 24.0 Å². The molecule has 0 aromatic rings. The monoisotopic (exact) mass is 268 g/mol. The first kappa shape index (κ1) is 14.8. The molecule has 0 aromatic heterocycles. The molecule has 2 heterocycles. The zero-order chi connectivity index (χ0) is 13.8. The van der Waals surface area contributed by atoms with Crippen LogP contribution in [0.15, 0.2) is 0 Å². The van der Waals surface area contributed by atoms with Crippen LogP contribution in [-0.4, -0.2) is 42.6 Å². The SMILES string of the molecule is CCC1CCN(C(=O)C2CCOC2CC)C(CN)C1. The second-order valence-electron chi connectivity index (χ2n) is 5.93. The van der Waals surface area contributed by atoms with Crippen LogP contribution >= 0.6 is 0 Å². The third kappa shape index (κ3) is 3.11. The number of nitrogens with zero attached hydrogens (tertiary/aromatic N) is 1. The quantitative estimate of drug-likeness (QED) is 0.845. The van der Waals surface area contributed by atoms with Crippen molar-refractivity contribution in [1.29, 1.82) is 0 Å². The summed E-state index contributed by atoms with van der Waals surface area (Å²) in [6.07, 6.45) is 5.32. The number of amides is 1. The molecule has 2 aliphatic heterocycles. The molecule has 0 bridgehead atoms. The average Bonchev–Trinajstić information content (AvgIpc) is 2.94. The number of ether oxygens (including phenoxy) is 1. The van der Waals surface area contributed by atoms with Crippen molar-refractivity contribution in [2.24, 2.45) is 17.6 Å². The summed E-state index contributed by atoms with van der Waals surface area (Å²) < 4.78 is 5.66. The highest BCUT2D eigenvalue weighted by Crippen LogP contribution is 2.30. The maximum absolute atomic E-state index is 12.7. The number of piperidine rings is 1. The van der Waals surface area contributed by atoms with E-state index in [1.165, 1.54) is 6.42 Å². The summed E-state index contributed by atoms with van der Waals surface area (Å²) in [6.45, 7) is 6.53. The molecule has 0 aliphatic carbocycles. The minimum atomic E-state index is 0.0669. The maximum atomic E-state index is 12.7. The second kappa shape index (κ2) is 6.71. The maximum Gasteiger partial charge on any atom is 0.228 e. The Morgan fingerprint density at radius 3 is 2.74 bits per heavy atom. The topological polar surface area (TPSA) is 55.6 Å². The van der Waals surface area contributed by atoms with Crippen LogP contribution in [0.3, 0.4) is 0 Å². The van der Waals surface area contributed by atoms with Gasteiger partial charge in [-0.1, -0.05) is 20.3 Å². The Bertz CT molecular complexity index is 309. The highest BCUT2D eigenvalue weighted by molar-refractivity contribution is 5.80. The highest BCUT2D eigenvalue weighted by atomic mass is 16.5. The van der Waals surface area contributed by atoms with Crippen LogP contribution in [0.2, 0.25) is 0 Å². The van der Waals surface area contributed by atoms with Gasteiger partial charge in [-0.3, -0.25) is 4.79 Å². The van der Waals surface area contributed by atoms with Crippen molar-refractivity contribution in [1.82, 2.24) is 4.90 Å². The number of carbonyl (C=O) groups is 1. The van der Waals surface area contributed by atoms with E-state index >= 15 is 0 Å². The number of hydrogen-bond donors (Lipinski definition) is 1. The Kier molecular flexibility index (Phi) is 5.22. The Balaban J connectivity index is 2.01. The Hall–Kier alpha value is -0.610. The number of nitrogens with two attached hydrogens (primary N) is 1. The zero-order valence-corrected chi connectivity index (χ0v) is 12.3. The molecule has 0 saturated carbocycles. The Morgan fingerprint density at radius 2 is 2.11 bits per heavy atom. The van der Waals surface area contributed by atoms with Gasteiger partial charge in [0.2, 0.25) is 5.91 Å². The van der Waals surface area contributed by atoms with E-state index in [1.807, 2.05) is 4.90 Å². The molecular weight excluding hydrogens is 240 g/mol. The fourth-order valence-electron chi connectivity index (χ4n) is 3.56. The lowest BCUT2D eigenvalue weighted by Gasteiger charge is -2.40. The van der Waals surface area contributed by atoms with Gasteiger partial charge in [0.25, 0.3) is 0 Å². The molecule has 2 aliphatic rings. The third-order valence-corrected chi connectivity index (χ3v) is 4.89. The summed E-state index contributed by atoms with van der Waals surface area (Å²) >= 11 is 0. The molecule has 4 atom stereocenters. The summed E-state index contributed by atoms with van der Waals surface area (Å²) in [5.41, 5.74) is 5.89. The molecule has 1 amide bonds. The smallest absolute Gasteiger partial charge is 0.228 e. The van der Waals surface area contributed by atoms with Gasteiger partial charge in [-0.25, -0.2) is 0 Å². The number of likely N-dealkylation sites (tertiary alicyclic amines) is 1. The summed E-state index contributed by atoms with van der Waals surface area (Å²) in [7, 11) is 0. The molecule has 0 aromatic carbocycles. The normalized spacial score (nSPS) is 35.6. The first-order valence-corrected chi connectivity index (χ1v) is 7.83. The predicted octanol–water partition coefficient (Wildman–Crippen LogP) is 1.78. The first-order chi connectivity index (χ1) is 9.21. The lowest BCUT2D eigenvalue weighted by atomic mass is 9.87. The van der Waals surface area contributed by atoms with Crippen LogP contribution in [0.5, 0.6) is 0 Å². The van der Waals surface area contributed by atoms with Crippen molar-refractivity contribution in [2.45, 2.75) is 58.1 Å². The Morgan fingerprint density at radius 1 is 1.32 bits per heavy atom. The van der Waals surface area contributed by atoms with Crippen LogP contribution in [0.1, 0.15) is 46.0 Å². The van der Waals surface area contributed by atoms with Crippen molar-refractivity contribution in [2.75, 3.05) is 19.7 Å². The van der Waals surface area contributed by atoms with Gasteiger partial charge < -0.3 is 15.4 Å². The average molecular weight is 268 g/mol. The van der Waals surface area contributed by atoms with Crippen LogP contribution in [0, 0.1) is 11.8 Å². The van der Waals surface area contributed by atoms with Crippen LogP contribution in [0.4, 0.5) is 0 Å². The fraction of sp³-hybridized carbons (Fsp3) is 0.933. The standard InChI is InChI=1S/C15H28N2O2/c1-3-11-5-7-17(12(9-11)10-16)15(18)13-6-8-19-14(13)4-2/h11-14H,3-10,16H2,1-2H3. The van der Waals surface area contributed by atoms with E-state index < -0.39 is 0 Å². The van der Waals surface area contributed by atoms with E-state index in [1.54, 1.807) is 0 Å². The van der Waals surface area contributed by atoms with E-state index in [2.05, 4.69) is 13.8 Å². The van der Waals surface area contributed by atoms with Gasteiger partial charge in [0.05, 0.1) is 12.0 Å². The number of carbonyl (C=O) groups excluding carboxylic acids is 1. The van der Waals surface area contributed by atoms with Crippen LogP contribution in [0.25, 0.3) is 0 Å². The van der Waals surface area contributed by atoms with Gasteiger partial charge in [-0.2, -0.15) is 0 Å². The third-order valence-electron chi connectivity index (χ3n) is 4.89. The van der Waals surface area contributed by atoms with Gasteiger partial charge >= 0.3 is 0 Å². The van der Waals surface area contributed by atoms with E-state index in [9.17, 15) is 4.79 Å². The van der Waals surface area contributed by atoms with E-state index in [0.29, 0.717) is 6.54 Å². The number of rotatable bonds is 4. The van der Waals surface area contributed by atoms with Crippen molar-refractivity contribution >= 4 is 5.91 Å². The van der Waals surface area contributed by atoms with Crippen LogP contribution < -0.4 is 5.73 Å². The molecular formula is C15H28N2O2. The molecule has 4 heteroatoms. The lowest BCUT2D eigenvalue weighted by molar-refractivity contribution is -0.141. The summed E-state index contributed by atoms with van der Waals surface area (Å²) in [4.78, 5) is 14.8. The fourth-order valence-corrected chi connectivity index (χ4v) is 3.56. The van der Waals surface area contributed by atoms with E-state index in [4.69, 9.17) is 10.5 Å². The van der Waals surface area contributed by atoms with Crippen molar-refractivity contribution in [3.8, 4) is 0 Å². The molecule has 0 radical (unpaired) electrons. The number of hydrogen-bond acceptors (Lipinski definition) is 3. The van der Waals surface area contributed by atoms with Crippen LogP contribution in [-0.2, 0) is 9.53 Å². The van der Waals surface area contributed by atoms with Crippen molar-refractivity contribution < 1.29 is 9.53 Å².